The molecule has 12 heteroatoms. The third kappa shape index (κ3) is 7.12. The summed E-state index contributed by atoms with van der Waals surface area (Å²) in [6, 6.07) is 17.1. The smallest absolute Gasteiger partial charge is 0.262 e. The monoisotopic (exact) mass is 610 g/mol. The molecule has 0 fully saturated rings. The number of nitrogens with zero attached hydrogens (tertiary/aromatic N) is 2. The number of hydrogen-bond acceptors (Lipinski definition) is 8. The van der Waals surface area contributed by atoms with Crippen molar-refractivity contribution < 1.29 is 22.7 Å². The van der Waals surface area contributed by atoms with Crippen LogP contribution in [0.2, 0.25) is 0 Å². The summed E-state index contributed by atoms with van der Waals surface area (Å²) in [7, 11) is -0.819. The highest BCUT2D eigenvalue weighted by molar-refractivity contribution is 8.00. The highest BCUT2D eigenvalue weighted by Crippen LogP contribution is 2.32. The number of sulfonamides is 1. The van der Waals surface area contributed by atoms with E-state index in [0.29, 0.717) is 46.1 Å². The number of primary sulfonamides is 1. The molecule has 10 nitrogen and oxygen atoms in total. The number of ether oxygens (including phenoxy) is 2. The van der Waals surface area contributed by atoms with E-state index < -0.39 is 15.3 Å². The second kappa shape index (κ2) is 13.4. The average Bonchev–Trinajstić information content (AvgIpc) is 2.99. The lowest BCUT2D eigenvalue weighted by Crippen LogP contribution is -2.28. The Morgan fingerprint density at radius 2 is 1.62 bits per heavy atom. The summed E-state index contributed by atoms with van der Waals surface area (Å²) < 4.78 is 35.6. The predicted octanol–water partition coefficient (Wildman–Crippen LogP) is 4.38. The number of aryl methyl sites for hydroxylation is 2. The molecule has 0 bridgehead atoms. The second-order valence-electron chi connectivity index (χ2n) is 9.57. The molecule has 4 aromatic rings. The van der Waals surface area contributed by atoms with Crippen molar-refractivity contribution in [1.29, 1.82) is 0 Å². The van der Waals surface area contributed by atoms with Crippen molar-refractivity contribution in [3.8, 4) is 11.5 Å². The number of methoxy groups -OCH3 is 2. The van der Waals surface area contributed by atoms with Crippen molar-refractivity contribution in [1.82, 2.24) is 9.55 Å². The van der Waals surface area contributed by atoms with E-state index in [0.717, 1.165) is 12.0 Å². The molecule has 3 N–H and O–H groups in total. The van der Waals surface area contributed by atoms with Gasteiger partial charge >= 0.3 is 0 Å². The Hall–Kier alpha value is -3.87. The number of carbonyl (C=O) groups excluding carboxylic acids is 1. The van der Waals surface area contributed by atoms with Crippen molar-refractivity contribution in [3.05, 3.63) is 82.1 Å². The van der Waals surface area contributed by atoms with Crippen LogP contribution in [0, 0.1) is 0 Å². The molecule has 0 saturated carbocycles. The molecule has 0 radical (unpaired) electrons. The number of fused-ring (bicyclic) bond motifs is 1. The van der Waals surface area contributed by atoms with Crippen LogP contribution in [0.3, 0.4) is 0 Å². The van der Waals surface area contributed by atoms with Gasteiger partial charge in [-0.1, -0.05) is 49.9 Å². The van der Waals surface area contributed by atoms with Gasteiger partial charge in [0.05, 0.1) is 35.3 Å². The number of benzene rings is 3. The minimum absolute atomic E-state index is 0.00853. The number of amides is 1. The Balaban J connectivity index is 1.70. The summed E-state index contributed by atoms with van der Waals surface area (Å²) >= 11 is 1.22. The molecular weight excluding hydrogens is 576 g/mol. The molecule has 0 aliphatic rings. The lowest BCUT2D eigenvalue weighted by molar-refractivity contribution is -0.115. The van der Waals surface area contributed by atoms with Crippen LogP contribution >= 0.6 is 11.8 Å². The number of nitrogens with two attached hydrogens (primary N) is 1. The molecule has 0 aliphatic carbocycles. The van der Waals surface area contributed by atoms with Crippen LogP contribution in [0.15, 0.2) is 75.5 Å². The summed E-state index contributed by atoms with van der Waals surface area (Å²) in [6.45, 7) is 4.21. The maximum absolute atomic E-state index is 13.8. The summed E-state index contributed by atoms with van der Waals surface area (Å²) in [5.74, 6) is 0.633. The first kappa shape index (κ1) is 31.1. The molecule has 1 aromatic heterocycles. The molecule has 1 amide bonds. The van der Waals surface area contributed by atoms with Crippen LogP contribution in [-0.4, -0.2) is 43.3 Å². The van der Waals surface area contributed by atoms with Gasteiger partial charge in [-0.15, -0.1) is 0 Å². The van der Waals surface area contributed by atoms with E-state index in [-0.39, 0.29) is 22.9 Å². The lowest BCUT2D eigenvalue weighted by Gasteiger charge is -2.19. The van der Waals surface area contributed by atoms with E-state index >= 15 is 0 Å². The van der Waals surface area contributed by atoms with E-state index in [1.807, 2.05) is 31.2 Å². The van der Waals surface area contributed by atoms with Gasteiger partial charge in [0, 0.05) is 18.3 Å². The highest BCUT2D eigenvalue weighted by Gasteiger charge is 2.23. The lowest BCUT2D eigenvalue weighted by atomic mass is 10.1. The van der Waals surface area contributed by atoms with Crippen molar-refractivity contribution in [2.45, 2.75) is 55.0 Å². The minimum Gasteiger partial charge on any atom is -0.493 e. The molecule has 1 atom stereocenters. The molecule has 222 valence electrons. The number of carbonyl (C=O) groups is 1. The number of anilines is 1. The van der Waals surface area contributed by atoms with E-state index in [1.54, 1.807) is 28.8 Å². The fourth-order valence-electron chi connectivity index (χ4n) is 4.40. The largest absolute Gasteiger partial charge is 0.493 e. The van der Waals surface area contributed by atoms with Gasteiger partial charge in [0.25, 0.3) is 5.56 Å². The third-order valence-corrected chi connectivity index (χ3v) is 9.12. The number of rotatable bonds is 12. The Morgan fingerprint density at radius 1 is 1.00 bits per heavy atom. The molecule has 3 aromatic carbocycles. The van der Waals surface area contributed by atoms with Crippen LogP contribution < -0.4 is 25.5 Å². The Labute approximate surface area is 249 Å². The fraction of sp³-hybridized carbons (Fsp3) is 0.300. The van der Waals surface area contributed by atoms with Gasteiger partial charge < -0.3 is 14.8 Å². The molecule has 1 heterocycles. The standard InChI is InChI=1S/C30H34N4O6S2/c1-5-19-7-11-21(12-8-19)32-28(35)27(6-2)41-30-33-24-18-26(40-4)25(39-3)17-23(24)29(36)34(30)16-15-20-9-13-22(14-10-20)42(31,37)38/h7-14,17-18,27H,5-6,15-16H2,1-4H3,(H,32,35)(H2,31,37,38). The minimum atomic E-state index is -3.82. The quantitative estimate of drug-likeness (QED) is 0.178. The van der Waals surface area contributed by atoms with Gasteiger partial charge in [-0.05, 0) is 60.7 Å². The number of hydrogen-bond donors (Lipinski definition) is 2. The zero-order valence-electron chi connectivity index (χ0n) is 23.9. The SMILES string of the molecule is CCc1ccc(NC(=O)C(CC)Sc2nc3cc(OC)c(OC)cc3c(=O)n2CCc2ccc(S(N)(=O)=O)cc2)cc1. The number of nitrogens with one attached hydrogen (secondary N) is 1. The van der Waals surface area contributed by atoms with Crippen LogP contribution in [0.1, 0.15) is 31.4 Å². The maximum Gasteiger partial charge on any atom is 0.262 e. The van der Waals surface area contributed by atoms with Crippen molar-refractivity contribution in [2.75, 3.05) is 19.5 Å². The fourth-order valence-corrected chi connectivity index (χ4v) is 5.95. The first-order valence-electron chi connectivity index (χ1n) is 13.4. The summed E-state index contributed by atoms with van der Waals surface area (Å²) in [4.78, 5) is 31.9. The van der Waals surface area contributed by atoms with Gasteiger partial charge in [-0.3, -0.25) is 14.2 Å². The van der Waals surface area contributed by atoms with Crippen LogP contribution in [0.25, 0.3) is 10.9 Å². The van der Waals surface area contributed by atoms with Gasteiger partial charge in [-0.25, -0.2) is 18.5 Å². The van der Waals surface area contributed by atoms with Crippen molar-refractivity contribution >= 4 is 44.3 Å². The zero-order chi connectivity index (χ0) is 30.4. The summed E-state index contributed by atoms with van der Waals surface area (Å²) in [6.07, 6.45) is 1.81. The van der Waals surface area contributed by atoms with E-state index in [9.17, 15) is 18.0 Å². The highest BCUT2D eigenvalue weighted by atomic mass is 32.2. The Morgan fingerprint density at radius 3 is 2.19 bits per heavy atom. The maximum atomic E-state index is 13.8. The molecule has 42 heavy (non-hydrogen) atoms. The van der Waals surface area contributed by atoms with E-state index in [2.05, 4.69) is 12.2 Å². The van der Waals surface area contributed by atoms with Gasteiger partial charge in [0.1, 0.15) is 0 Å². The zero-order valence-corrected chi connectivity index (χ0v) is 25.6. The molecule has 0 aliphatic heterocycles. The topological polar surface area (TPSA) is 143 Å². The number of aromatic nitrogens is 2. The Kier molecular flexibility index (Phi) is 9.92. The number of thioether (sulfide) groups is 1. The molecule has 0 spiro atoms. The van der Waals surface area contributed by atoms with Crippen LogP contribution in [-0.2, 0) is 34.2 Å². The average molecular weight is 611 g/mol. The van der Waals surface area contributed by atoms with E-state index in [1.165, 1.54) is 43.7 Å². The third-order valence-electron chi connectivity index (χ3n) is 6.84. The molecule has 1 unspecified atom stereocenters. The van der Waals surface area contributed by atoms with Crippen LogP contribution in [0.5, 0.6) is 11.5 Å². The summed E-state index contributed by atoms with van der Waals surface area (Å²) in [5.41, 5.74) is 2.79. The van der Waals surface area contributed by atoms with Crippen molar-refractivity contribution in [3.63, 3.8) is 0 Å². The molecule has 4 rings (SSSR count). The van der Waals surface area contributed by atoms with Gasteiger partial charge in [0.15, 0.2) is 16.7 Å². The second-order valence-corrected chi connectivity index (χ2v) is 12.3. The van der Waals surface area contributed by atoms with Gasteiger partial charge in [-0.2, -0.15) is 0 Å². The first-order chi connectivity index (χ1) is 20.1. The predicted molar refractivity (Wildman–Crippen MR) is 165 cm³/mol. The van der Waals surface area contributed by atoms with Gasteiger partial charge in [0.2, 0.25) is 15.9 Å². The Bertz CT molecular complexity index is 1740. The first-order valence-corrected chi connectivity index (χ1v) is 15.8. The van der Waals surface area contributed by atoms with E-state index in [4.69, 9.17) is 19.6 Å². The normalized spacial score (nSPS) is 12.2. The molecular formula is C30H34N4O6S2. The van der Waals surface area contributed by atoms with Crippen LogP contribution in [0.4, 0.5) is 5.69 Å². The molecule has 0 saturated heterocycles. The van der Waals surface area contributed by atoms with Crippen molar-refractivity contribution in [2.24, 2.45) is 5.14 Å². The summed E-state index contributed by atoms with van der Waals surface area (Å²) in [5, 5.41) is 8.39.